The number of thiocarbonyl (C=S) groups is 1. The average molecular weight is 443 g/mol. The number of hydrogen-bond donors (Lipinski definition) is 3. The minimum Gasteiger partial charge on any atom is -0.491 e. The van der Waals surface area contributed by atoms with Crippen molar-refractivity contribution < 1.29 is 31.9 Å². The maximum atomic E-state index is 14.0. The third-order valence-electron chi connectivity index (χ3n) is 3.82. The molecule has 160 valence electrons. The Kier molecular flexibility index (Phi) is 7.33. The van der Waals surface area contributed by atoms with E-state index in [4.69, 9.17) is 12.2 Å². The number of ether oxygens (including phenoxy) is 1. The molecule has 0 aliphatic heterocycles. The molecule has 0 unspecified atom stereocenters. The maximum absolute atomic E-state index is 14.0. The quantitative estimate of drug-likeness (QED) is 0.370. The van der Waals surface area contributed by atoms with Crippen LogP contribution in [0, 0.1) is 29.2 Å². The Morgan fingerprint density at radius 1 is 0.900 bits per heavy atom. The van der Waals surface area contributed by atoms with Gasteiger partial charge < -0.3 is 15.4 Å². The normalized spacial score (nSPS) is 10.5. The van der Waals surface area contributed by atoms with Gasteiger partial charge in [-0.05, 0) is 36.5 Å². The minimum absolute atomic E-state index is 0.179. The van der Waals surface area contributed by atoms with Crippen molar-refractivity contribution >= 4 is 40.5 Å². The smallest absolute Gasteiger partial charge is 0.263 e. The summed E-state index contributed by atoms with van der Waals surface area (Å²) in [6, 6.07) is 6.14. The van der Waals surface area contributed by atoms with Crippen molar-refractivity contribution in [1.29, 1.82) is 0 Å². The lowest BCUT2D eigenvalue weighted by atomic mass is 10.1. The molecule has 30 heavy (non-hydrogen) atoms. The monoisotopic (exact) mass is 443 g/mol. The number of anilines is 2. The predicted octanol–water partition coefficient (Wildman–Crippen LogP) is 3.97. The zero-order valence-electron chi connectivity index (χ0n) is 16.0. The highest BCUT2D eigenvalue weighted by molar-refractivity contribution is 7.80. The summed E-state index contributed by atoms with van der Waals surface area (Å²) in [7, 11) is 0.818. The van der Waals surface area contributed by atoms with Gasteiger partial charge in [0, 0.05) is 17.3 Å². The second kappa shape index (κ2) is 9.53. The van der Waals surface area contributed by atoms with Gasteiger partial charge in [-0.3, -0.25) is 14.9 Å². The van der Waals surface area contributed by atoms with Crippen LogP contribution in [0.4, 0.5) is 28.9 Å². The van der Waals surface area contributed by atoms with Crippen LogP contribution in [-0.2, 0) is 4.79 Å². The van der Waals surface area contributed by atoms with Gasteiger partial charge in [-0.2, -0.15) is 8.78 Å². The van der Waals surface area contributed by atoms with Crippen molar-refractivity contribution in [3.8, 4) is 5.75 Å². The van der Waals surface area contributed by atoms with E-state index in [1.807, 2.05) is 5.32 Å². The molecule has 2 rings (SSSR count). The van der Waals surface area contributed by atoms with E-state index >= 15 is 0 Å². The van der Waals surface area contributed by atoms with E-state index in [2.05, 4.69) is 15.4 Å². The number of rotatable bonds is 5. The molecule has 11 heteroatoms. The highest BCUT2D eigenvalue weighted by Crippen LogP contribution is 2.29. The lowest BCUT2D eigenvalue weighted by molar-refractivity contribution is -0.118. The molecule has 0 fully saturated rings. The molecule has 0 atom stereocenters. The number of nitrogens with one attached hydrogen (secondary N) is 3. The van der Waals surface area contributed by atoms with Crippen LogP contribution in [0.2, 0.25) is 0 Å². The first-order valence-corrected chi connectivity index (χ1v) is 8.90. The molecular formula is C19H17F4N3O3S. The number of carbonyl (C=O) groups excluding carboxylic acids is 2. The first kappa shape index (κ1) is 23.1. The Bertz CT molecular complexity index is 969. The van der Waals surface area contributed by atoms with Crippen LogP contribution < -0.4 is 20.7 Å². The largest absolute Gasteiger partial charge is 0.491 e. The molecule has 3 N–H and O–H groups in total. The fourth-order valence-electron chi connectivity index (χ4n) is 2.24. The van der Waals surface area contributed by atoms with E-state index in [0.717, 1.165) is 7.11 Å². The summed E-state index contributed by atoms with van der Waals surface area (Å²) in [5.41, 5.74) is -0.597. The minimum atomic E-state index is -1.92. The molecule has 0 heterocycles. The number of carbonyl (C=O) groups is 2. The standard InChI is InChI=1S/C19H17F4N3O3S/c1-8(2)17(27)24-9-4-6-10(7-5-9)25-19(30)26-18(28)11-12(20)14(22)16(29-3)15(23)13(11)21/h4-8H,1-3H3,(H,24,27)(H2,25,26,28,30). The van der Waals surface area contributed by atoms with Crippen LogP contribution >= 0.6 is 12.2 Å². The van der Waals surface area contributed by atoms with E-state index in [1.165, 1.54) is 12.1 Å². The molecule has 2 aromatic rings. The van der Waals surface area contributed by atoms with Crippen molar-refractivity contribution in [3.63, 3.8) is 0 Å². The molecule has 6 nitrogen and oxygen atoms in total. The van der Waals surface area contributed by atoms with Gasteiger partial charge in [-0.1, -0.05) is 13.8 Å². The van der Waals surface area contributed by atoms with Crippen molar-refractivity contribution in [2.45, 2.75) is 13.8 Å². The van der Waals surface area contributed by atoms with Gasteiger partial charge in [-0.15, -0.1) is 0 Å². The Morgan fingerprint density at radius 3 is 1.80 bits per heavy atom. The third kappa shape index (κ3) is 5.03. The lowest BCUT2D eigenvalue weighted by Crippen LogP contribution is -2.35. The molecule has 2 amide bonds. The summed E-state index contributed by atoms with van der Waals surface area (Å²) in [5.74, 6) is -10.7. The average Bonchev–Trinajstić information content (AvgIpc) is 2.68. The SMILES string of the molecule is COc1c(F)c(F)c(C(=O)NC(=S)Nc2ccc(NC(=O)C(C)C)cc2)c(F)c1F. The van der Waals surface area contributed by atoms with E-state index in [9.17, 15) is 27.2 Å². The molecular weight excluding hydrogens is 426 g/mol. The van der Waals surface area contributed by atoms with E-state index in [1.54, 1.807) is 26.0 Å². The second-order valence-electron chi connectivity index (χ2n) is 6.29. The van der Waals surface area contributed by atoms with Crippen LogP contribution in [0.1, 0.15) is 24.2 Å². The van der Waals surface area contributed by atoms with Crippen molar-refractivity contribution in [2.75, 3.05) is 17.7 Å². The topological polar surface area (TPSA) is 79.5 Å². The summed E-state index contributed by atoms with van der Waals surface area (Å²) in [6.07, 6.45) is 0. The Hall–Kier alpha value is -3.21. The van der Waals surface area contributed by atoms with Gasteiger partial charge in [0.05, 0.1) is 7.11 Å². The molecule has 0 saturated heterocycles. The van der Waals surface area contributed by atoms with E-state index in [0.29, 0.717) is 11.4 Å². The van der Waals surface area contributed by atoms with Crippen molar-refractivity contribution in [3.05, 3.63) is 53.1 Å². The van der Waals surface area contributed by atoms with Gasteiger partial charge in [0.25, 0.3) is 5.91 Å². The van der Waals surface area contributed by atoms with Gasteiger partial charge in [0.15, 0.2) is 22.5 Å². The lowest BCUT2D eigenvalue weighted by Gasteiger charge is -2.13. The van der Waals surface area contributed by atoms with Crippen LogP contribution in [0.15, 0.2) is 24.3 Å². The van der Waals surface area contributed by atoms with E-state index < -0.39 is 40.5 Å². The molecule has 2 aromatic carbocycles. The van der Waals surface area contributed by atoms with Gasteiger partial charge in [0.2, 0.25) is 17.5 Å². The number of amides is 2. The zero-order valence-corrected chi connectivity index (χ0v) is 16.8. The second-order valence-corrected chi connectivity index (χ2v) is 6.70. The molecule has 0 saturated carbocycles. The van der Waals surface area contributed by atoms with Gasteiger partial charge >= 0.3 is 0 Å². The molecule has 0 aromatic heterocycles. The summed E-state index contributed by atoms with van der Waals surface area (Å²) in [5, 5.41) is 6.80. The summed E-state index contributed by atoms with van der Waals surface area (Å²) in [4.78, 5) is 23.7. The number of methoxy groups -OCH3 is 1. The van der Waals surface area contributed by atoms with Crippen molar-refractivity contribution in [2.24, 2.45) is 5.92 Å². The Labute approximate surface area is 174 Å². The summed E-state index contributed by atoms with van der Waals surface area (Å²) >= 11 is 4.88. The van der Waals surface area contributed by atoms with Gasteiger partial charge in [-0.25, -0.2) is 8.78 Å². The molecule has 0 aliphatic carbocycles. The van der Waals surface area contributed by atoms with Crippen LogP contribution in [0.5, 0.6) is 5.75 Å². The van der Waals surface area contributed by atoms with E-state index in [-0.39, 0.29) is 16.9 Å². The van der Waals surface area contributed by atoms with Crippen LogP contribution in [0.3, 0.4) is 0 Å². The van der Waals surface area contributed by atoms with Crippen LogP contribution in [0.25, 0.3) is 0 Å². The number of halogens is 4. The molecule has 0 radical (unpaired) electrons. The first-order chi connectivity index (χ1) is 14.1. The highest BCUT2D eigenvalue weighted by atomic mass is 32.1. The Balaban J connectivity index is 2.10. The zero-order chi connectivity index (χ0) is 22.6. The summed E-state index contributed by atoms with van der Waals surface area (Å²) < 4.78 is 59.8. The van der Waals surface area contributed by atoms with Crippen molar-refractivity contribution in [1.82, 2.24) is 5.32 Å². The fraction of sp³-hybridized carbons (Fsp3) is 0.211. The van der Waals surface area contributed by atoms with Crippen LogP contribution in [-0.4, -0.2) is 24.0 Å². The summed E-state index contributed by atoms with van der Waals surface area (Å²) in [6.45, 7) is 3.47. The Morgan fingerprint density at radius 2 is 1.37 bits per heavy atom. The van der Waals surface area contributed by atoms with Gasteiger partial charge in [0.1, 0.15) is 5.56 Å². The third-order valence-corrected chi connectivity index (χ3v) is 4.02. The molecule has 0 aliphatic rings. The predicted molar refractivity (Wildman–Crippen MR) is 106 cm³/mol. The number of benzene rings is 2. The highest BCUT2D eigenvalue weighted by Gasteiger charge is 2.30. The maximum Gasteiger partial charge on any atom is 0.263 e. The molecule has 0 bridgehead atoms. The molecule has 0 spiro atoms. The first-order valence-electron chi connectivity index (χ1n) is 8.50. The fourth-order valence-corrected chi connectivity index (χ4v) is 2.45. The number of hydrogen-bond acceptors (Lipinski definition) is 4.